The summed E-state index contributed by atoms with van der Waals surface area (Å²) in [6, 6.07) is 6.74. The van der Waals surface area contributed by atoms with E-state index in [0.29, 0.717) is 6.42 Å². The minimum atomic E-state index is -0.504. The minimum Gasteiger partial charge on any atom is -0.463 e. The van der Waals surface area contributed by atoms with Gasteiger partial charge in [-0.05, 0) is 32.8 Å². The highest BCUT2D eigenvalue weighted by Gasteiger charge is 2.33. The third-order valence-electron chi connectivity index (χ3n) is 4.57. The fourth-order valence-corrected chi connectivity index (χ4v) is 3.08. The average molecular weight is 403 g/mol. The number of hydrogen-bond donors (Lipinski definition) is 1. The van der Waals surface area contributed by atoms with Crippen LogP contribution in [-0.2, 0) is 19.1 Å². The third kappa shape index (κ3) is 6.58. The van der Waals surface area contributed by atoms with Crippen LogP contribution in [0.25, 0.3) is 0 Å². The summed E-state index contributed by atoms with van der Waals surface area (Å²) in [6.07, 6.45) is 0.294. The maximum atomic E-state index is 12.4. The van der Waals surface area contributed by atoms with Crippen molar-refractivity contribution in [3.8, 4) is 0 Å². The number of hydrogen-bond acceptors (Lipinski definition) is 5. The van der Waals surface area contributed by atoms with Gasteiger partial charge < -0.3 is 15.0 Å². The number of likely N-dealkylation sites (N-methyl/N-ethyl adjacent to an activating group) is 1. The molecule has 4 amide bonds. The van der Waals surface area contributed by atoms with Crippen LogP contribution >= 0.6 is 0 Å². The van der Waals surface area contributed by atoms with Gasteiger partial charge in [-0.25, -0.2) is 4.79 Å². The maximum absolute atomic E-state index is 12.4. The number of nitrogens with one attached hydrogen (secondary N) is 1. The summed E-state index contributed by atoms with van der Waals surface area (Å²) in [5.41, 5.74) is 1.89. The molecule has 0 bridgehead atoms. The zero-order chi connectivity index (χ0) is 21.6. The van der Waals surface area contributed by atoms with E-state index in [0.717, 1.165) is 16.0 Å². The molecule has 8 nitrogen and oxygen atoms in total. The van der Waals surface area contributed by atoms with E-state index in [4.69, 9.17) is 4.74 Å². The lowest BCUT2D eigenvalue weighted by Gasteiger charge is -2.20. The van der Waals surface area contributed by atoms with E-state index in [1.165, 1.54) is 4.90 Å². The first-order valence-electron chi connectivity index (χ1n) is 9.78. The van der Waals surface area contributed by atoms with Gasteiger partial charge in [0.25, 0.3) is 0 Å². The van der Waals surface area contributed by atoms with Crippen LogP contribution in [0.1, 0.15) is 50.3 Å². The zero-order valence-electron chi connectivity index (χ0n) is 17.4. The van der Waals surface area contributed by atoms with Crippen LogP contribution < -0.4 is 5.32 Å². The molecule has 1 heterocycles. The number of rotatable bonds is 9. The number of ether oxygens (including phenoxy) is 1. The Labute approximate surface area is 171 Å². The number of imide groups is 1. The van der Waals surface area contributed by atoms with Gasteiger partial charge in [0.1, 0.15) is 6.54 Å². The van der Waals surface area contributed by atoms with Crippen molar-refractivity contribution in [3.63, 3.8) is 0 Å². The Balaban J connectivity index is 1.93. The molecule has 1 fully saturated rings. The second kappa shape index (κ2) is 10.0. The van der Waals surface area contributed by atoms with Gasteiger partial charge in [0.15, 0.2) is 0 Å². The van der Waals surface area contributed by atoms with Gasteiger partial charge in [-0.1, -0.05) is 29.8 Å². The molecule has 0 radical (unpaired) electrons. The molecule has 29 heavy (non-hydrogen) atoms. The Bertz CT molecular complexity index is 760. The van der Waals surface area contributed by atoms with Crippen molar-refractivity contribution in [1.82, 2.24) is 15.1 Å². The van der Waals surface area contributed by atoms with Crippen LogP contribution in [0.15, 0.2) is 24.3 Å². The van der Waals surface area contributed by atoms with E-state index in [2.05, 4.69) is 5.32 Å². The quantitative estimate of drug-likeness (QED) is 0.504. The van der Waals surface area contributed by atoms with E-state index in [-0.39, 0.29) is 55.8 Å². The number of benzene rings is 1. The van der Waals surface area contributed by atoms with Crippen molar-refractivity contribution < 1.29 is 23.9 Å². The smallest absolute Gasteiger partial charge is 0.326 e. The molecule has 1 unspecified atom stereocenters. The molecular weight excluding hydrogens is 374 g/mol. The van der Waals surface area contributed by atoms with Crippen molar-refractivity contribution in [2.45, 2.75) is 52.2 Å². The van der Waals surface area contributed by atoms with Gasteiger partial charge in [0.2, 0.25) is 11.8 Å². The molecule has 0 saturated carbocycles. The molecular formula is C21H29N3O5. The number of aryl methyl sites for hydroxylation is 1. The summed E-state index contributed by atoms with van der Waals surface area (Å²) >= 11 is 0. The first-order valence-corrected chi connectivity index (χ1v) is 9.78. The lowest BCUT2D eigenvalue weighted by Crippen LogP contribution is -2.34. The molecule has 0 aliphatic carbocycles. The molecule has 1 saturated heterocycles. The predicted molar refractivity (Wildman–Crippen MR) is 107 cm³/mol. The van der Waals surface area contributed by atoms with Crippen molar-refractivity contribution >= 4 is 23.8 Å². The van der Waals surface area contributed by atoms with Gasteiger partial charge in [0, 0.05) is 20.0 Å². The molecule has 1 aliphatic heterocycles. The Hall–Kier alpha value is -2.90. The molecule has 0 aromatic heterocycles. The highest BCUT2D eigenvalue weighted by Crippen LogP contribution is 2.19. The third-order valence-corrected chi connectivity index (χ3v) is 4.57. The topological polar surface area (TPSA) is 96.0 Å². The number of esters is 1. The molecule has 0 spiro atoms. The van der Waals surface area contributed by atoms with E-state index in [9.17, 15) is 19.2 Å². The number of amides is 4. The Morgan fingerprint density at radius 3 is 2.38 bits per heavy atom. The second-order valence-electron chi connectivity index (χ2n) is 7.56. The molecule has 158 valence electrons. The van der Waals surface area contributed by atoms with Crippen LogP contribution in [0.5, 0.6) is 0 Å². The minimum absolute atomic E-state index is 0.0286. The SMILES string of the molecule is Cc1ccc(C(CC(=O)OC(C)C)NC(=O)CCCN2C(=O)CN(C)C2=O)cc1. The number of carbonyl (C=O) groups is 4. The monoisotopic (exact) mass is 403 g/mol. The van der Waals surface area contributed by atoms with E-state index < -0.39 is 6.04 Å². The van der Waals surface area contributed by atoms with E-state index in [1.54, 1.807) is 20.9 Å². The van der Waals surface area contributed by atoms with Gasteiger partial charge in [-0.15, -0.1) is 0 Å². The Morgan fingerprint density at radius 2 is 1.83 bits per heavy atom. The highest BCUT2D eigenvalue weighted by atomic mass is 16.5. The van der Waals surface area contributed by atoms with Crippen molar-refractivity contribution in [2.24, 2.45) is 0 Å². The van der Waals surface area contributed by atoms with Gasteiger partial charge >= 0.3 is 12.0 Å². The summed E-state index contributed by atoms with van der Waals surface area (Å²) in [7, 11) is 1.56. The molecule has 1 aliphatic rings. The lowest BCUT2D eigenvalue weighted by molar-refractivity contribution is -0.148. The van der Waals surface area contributed by atoms with E-state index in [1.807, 2.05) is 31.2 Å². The summed E-state index contributed by atoms with van der Waals surface area (Å²) in [5, 5.41) is 2.87. The first kappa shape index (κ1) is 22.4. The predicted octanol–water partition coefficient (Wildman–Crippen LogP) is 2.17. The zero-order valence-corrected chi connectivity index (χ0v) is 17.4. The molecule has 8 heteroatoms. The van der Waals surface area contributed by atoms with Gasteiger partial charge in [-0.3, -0.25) is 19.3 Å². The lowest BCUT2D eigenvalue weighted by atomic mass is 10.0. The van der Waals surface area contributed by atoms with Crippen LogP contribution in [0.2, 0.25) is 0 Å². The molecule has 2 rings (SSSR count). The molecule has 1 aromatic carbocycles. The summed E-state index contributed by atoms with van der Waals surface area (Å²) in [5.74, 6) is -0.894. The van der Waals surface area contributed by atoms with Crippen LogP contribution in [0, 0.1) is 6.92 Å². The average Bonchev–Trinajstić information content (AvgIpc) is 2.87. The van der Waals surface area contributed by atoms with Gasteiger partial charge in [0.05, 0.1) is 18.6 Å². The highest BCUT2D eigenvalue weighted by molar-refractivity contribution is 6.01. The summed E-state index contributed by atoms with van der Waals surface area (Å²) < 4.78 is 5.21. The van der Waals surface area contributed by atoms with Crippen LogP contribution in [-0.4, -0.2) is 59.9 Å². The van der Waals surface area contributed by atoms with Crippen molar-refractivity contribution in [1.29, 1.82) is 0 Å². The molecule has 1 atom stereocenters. The summed E-state index contributed by atoms with van der Waals surface area (Å²) in [4.78, 5) is 50.7. The Morgan fingerprint density at radius 1 is 1.17 bits per heavy atom. The first-order chi connectivity index (χ1) is 13.7. The largest absolute Gasteiger partial charge is 0.463 e. The maximum Gasteiger partial charge on any atom is 0.326 e. The van der Waals surface area contributed by atoms with Crippen LogP contribution in [0.4, 0.5) is 4.79 Å². The van der Waals surface area contributed by atoms with E-state index >= 15 is 0 Å². The number of nitrogens with zero attached hydrogens (tertiary/aromatic N) is 2. The number of urea groups is 1. The summed E-state index contributed by atoms with van der Waals surface area (Å²) in [6.45, 7) is 5.77. The standard InChI is InChI=1S/C21H29N3O5/c1-14(2)29-20(27)12-17(16-9-7-15(3)8-10-16)22-18(25)6-5-11-24-19(26)13-23(4)21(24)28/h7-10,14,17H,5-6,11-13H2,1-4H3,(H,22,25). The number of carbonyl (C=O) groups excluding carboxylic acids is 4. The molecule has 1 N–H and O–H groups in total. The fraction of sp³-hybridized carbons (Fsp3) is 0.524. The van der Waals surface area contributed by atoms with Crippen molar-refractivity contribution in [3.05, 3.63) is 35.4 Å². The second-order valence-corrected chi connectivity index (χ2v) is 7.56. The Kier molecular flexibility index (Phi) is 7.75. The fourth-order valence-electron chi connectivity index (χ4n) is 3.08. The van der Waals surface area contributed by atoms with Crippen LogP contribution in [0.3, 0.4) is 0 Å². The normalized spacial score (nSPS) is 15.1. The van der Waals surface area contributed by atoms with Gasteiger partial charge in [-0.2, -0.15) is 0 Å². The van der Waals surface area contributed by atoms with Crippen molar-refractivity contribution in [2.75, 3.05) is 20.1 Å². The molecule has 1 aromatic rings.